The minimum Gasteiger partial charge on any atom is -0.455 e. The van der Waals surface area contributed by atoms with Gasteiger partial charge in [-0.2, -0.15) is 0 Å². The Morgan fingerprint density at radius 1 is 0.359 bits per heavy atom. The number of furan rings is 1. The van der Waals surface area contributed by atoms with Gasteiger partial charge in [0.2, 0.25) is 0 Å². The summed E-state index contributed by atoms with van der Waals surface area (Å²) in [7, 11) is 0. The zero-order valence-electron chi connectivity index (χ0n) is 35.7. The maximum atomic E-state index is 7.05. The molecule has 0 bridgehead atoms. The Balaban J connectivity index is 1.12. The van der Waals surface area contributed by atoms with Crippen LogP contribution in [0.4, 0.5) is 17.1 Å². The van der Waals surface area contributed by atoms with Crippen molar-refractivity contribution in [3.63, 3.8) is 0 Å². The molecule has 0 saturated carbocycles. The summed E-state index contributed by atoms with van der Waals surface area (Å²) in [5.41, 5.74) is 19.3. The summed E-state index contributed by atoms with van der Waals surface area (Å²) in [4.78, 5) is 2.54. The number of hydrogen-bond acceptors (Lipinski definition) is 2. The van der Waals surface area contributed by atoms with E-state index in [0.717, 1.165) is 55.5 Å². The molecule has 64 heavy (non-hydrogen) atoms. The molecule has 0 N–H and O–H groups in total. The Bertz CT molecular complexity index is 3610. The van der Waals surface area contributed by atoms with E-state index in [2.05, 4.69) is 243 Å². The molecule has 0 atom stereocenters. The van der Waals surface area contributed by atoms with Crippen LogP contribution in [0.15, 0.2) is 229 Å². The molecule has 2 aliphatic carbocycles. The molecule has 2 heteroatoms. The van der Waals surface area contributed by atoms with Gasteiger partial charge in [0.1, 0.15) is 11.2 Å². The molecular formula is C62H43NO. The molecule has 0 aliphatic heterocycles. The molecule has 0 spiro atoms. The molecule has 10 aromatic carbocycles. The van der Waals surface area contributed by atoms with Crippen molar-refractivity contribution in [2.75, 3.05) is 4.90 Å². The molecule has 2 nitrogen and oxygen atoms in total. The van der Waals surface area contributed by atoms with E-state index in [1.54, 1.807) is 0 Å². The minimum absolute atomic E-state index is 0.264. The molecule has 0 saturated heterocycles. The highest BCUT2D eigenvalue weighted by Gasteiger charge is 2.47. The van der Waals surface area contributed by atoms with Crippen LogP contribution in [-0.2, 0) is 10.8 Å². The largest absolute Gasteiger partial charge is 0.455 e. The fraction of sp³-hybridized carbons (Fsp3) is 0.0645. The minimum atomic E-state index is -0.549. The van der Waals surface area contributed by atoms with Gasteiger partial charge >= 0.3 is 0 Å². The fourth-order valence-electron chi connectivity index (χ4n) is 11.6. The quantitative estimate of drug-likeness (QED) is 0.166. The second-order valence-electron chi connectivity index (χ2n) is 17.9. The maximum Gasteiger partial charge on any atom is 0.143 e. The highest BCUT2D eigenvalue weighted by Crippen LogP contribution is 2.59. The molecule has 0 unspecified atom stereocenters. The van der Waals surface area contributed by atoms with Crippen LogP contribution < -0.4 is 4.90 Å². The summed E-state index contributed by atoms with van der Waals surface area (Å²) in [5.74, 6) is 0. The third kappa shape index (κ3) is 5.02. The Morgan fingerprint density at radius 3 is 1.69 bits per heavy atom. The second kappa shape index (κ2) is 13.8. The Morgan fingerprint density at radius 2 is 0.906 bits per heavy atom. The summed E-state index contributed by atoms with van der Waals surface area (Å²) in [6.07, 6.45) is 0. The first kappa shape index (κ1) is 36.7. The molecule has 1 heterocycles. The predicted molar refractivity (Wildman–Crippen MR) is 266 cm³/mol. The standard InChI is InChI=1S/C62H43NO/c1-61(2)53-31-14-11-26-46(53)49-28-18-34-57(58(49)61)63(56-33-16-13-27-48(56)50-29-17-30-51-52-37-35-40-19-9-10-24-44(40)59(52)64-60(50)51)43-36-38-47-45-25-12-15-32-54(45)62(55(47)39-43,41-20-5-3-6-21-41)42-22-7-4-8-23-42/h3-39H,1-2H3. The van der Waals surface area contributed by atoms with Gasteiger partial charge in [-0.1, -0.05) is 208 Å². The Hall–Kier alpha value is -7.94. The maximum absolute atomic E-state index is 7.05. The molecular weight excluding hydrogens is 775 g/mol. The summed E-state index contributed by atoms with van der Waals surface area (Å²) in [6.45, 7) is 4.78. The smallest absolute Gasteiger partial charge is 0.143 e. The third-order valence-electron chi connectivity index (χ3n) is 14.3. The van der Waals surface area contributed by atoms with E-state index in [9.17, 15) is 0 Å². The van der Waals surface area contributed by atoms with E-state index in [4.69, 9.17) is 4.42 Å². The van der Waals surface area contributed by atoms with E-state index in [-0.39, 0.29) is 5.41 Å². The SMILES string of the molecule is CC1(C)c2ccccc2-c2cccc(N(c3ccc4c(c3)C(c3ccccc3)(c3ccccc3)c3ccccc3-4)c3ccccc3-c3cccc4c3oc3c5ccccc5ccc43)c21. The number of para-hydroxylation sites is 2. The predicted octanol–water partition coefficient (Wildman–Crippen LogP) is 16.5. The third-order valence-corrected chi connectivity index (χ3v) is 14.3. The van der Waals surface area contributed by atoms with Crippen molar-refractivity contribution in [3.8, 4) is 33.4 Å². The van der Waals surface area contributed by atoms with Crippen molar-refractivity contribution in [2.24, 2.45) is 0 Å². The number of rotatable bonds is 6. The zero-order chi connectivity index (χ0) is 42.6. The molecule has 0 amide bonds. The van der Waals surface area contributed by atoms with E-state index < -0.39 is 5.41 Å². The van der Waals surface area contributed by atoms with E-state index in [1.165, 1.54) is 61.0 Å². The van der Waals surface area contributed by atoms with Gasteiger partial charge in [-0.25, -0.2) is 0 Å². The lowest BCUT2D eigenvalue weighted by Crippen LogP contribution is -2.29. The van der Waals surface area contributed by atoms with Gasteiger partial charge in [-0.15, -0.1) is 0 Å². The summed E-state index contributed by atoms with van der Waals surface area (Å²) in [5, 5.41) is 4.53. The molecule has 13 rings (SSSR count). The van der Waals surface area contributed by atoms with Crippen molar-refractivity contribution in [2.45, 2.75) is 24.7 Å². The highest BCUT2D eigenvalue weighted by atomic mass is 16.3. The second-order valence-corrected chi connectivity index (χ2v) is 17.9. The molecule has 0 fully saturated rings. The van der Waals surface area contributed by atoms with Gasteiger partial charge in [0.15, 0.2) is 0 Å². The molecule has 2 aliphatic rings. The monoisotopic (exact) mass is 817 g/mol. The van der Waals surface area contributed by atoms with Crippen molar-refractivity contribution in [1.82, 2.24) is 0 Å². The average molecular weight is 818 g/mol. The topological polar surface area (TPSA) is 16.4 Å². The van der Waals surface area contributed by atoms with Crippen molar-refractivity contribution in [3.05, 3.63) is 258 Å². The molecule has 1 aromatic heterocycles. The van der Waals surface area contributed by atoms with E-state index >= 15 is 0 Å². The van der Waals surface area contributed by atoms with Crippen LogP contribution in [0, 0.1) is 0 Å². The number of hydrogen-bond donors (Lipinski definition) is 0. The lowest BCUT2D eigenvalue weighted by atomic mass is 9.67. The van der Waals surface area contributed by atoms with Gasteiger partial charge in [0.25, 0.3) is 0 Å². The van der Waals surface area contributed by atoms with Crippen LogP contribution in [0.2, 0.25) is 0 Å². The normalized spacial score (nSPS) is 14.0. The van der Waals surface area contributed by atoms with Gasteiger partial charge in [0, 0.05) is 38.4 Å². The van der Waals surface area contributed by atoms with Gasteiger partial charge in [0.05, 0.1) is 16.8 Å². The van der Waals surface area contributed by atoms with Crippen LogP contribution in [0.1, 0.15) is 47.2 Å². The Labute approximate surface area is 373 Å². The fourth-order valence-corrected chi connectivity index (χ4v) is 11.6. The number of nitrogens with zero attached hydrogens (tertiary/aromatic N) is 1. The van der Waals surface area contributed by atoms with E-state index in [0.29, 0.717) is 0 Å². The summed E-state index contributed by atoms with van der Waals surface area (Å²) < 4.78 is 7.05. The zero-order valence-corrected chi connectivity index (χ0v) is 35.7. The van der Waals surface area contributed by atoms with Gasteiger partial charge in [-0.05, 0) is 91.4 Å². The first-order valence-corrected chi connectivity index (χ1v) is 22.3. The van der Waals surface area contributed by atoms with Crippen LogP contribution >= 0.6 is 0 Å². The lowest BCUT2D eigenvalue weighted by molar-refractivity contribution is 0.660. The number of anilines is 3. The van der Waals surface area contributed by atoms with Crippen LogP contribution in [0.5, 0.6) is 0 Å². The van der Waals surface area contributed by atoms with Crippen molar-refractivity contribution < 1.29 is 4.42 Å². The number of benzene rings is 10. The van der Waals surface area contributed by atoms with Crippen LogP contribution in [0.3, 0.4) is 0 Å². The van der Waals surface area contributed by atoms with Crippen molar-refractivity contribution in [1.29, 1.82) is 0 Å². The van der Waals surface area contributed by atoms with Gasteiger partial charge in [-0.3, -0.25) is 0 Å². The highest BCUT2D eigenvalue weighted by molar-refractivity contribution is 6.17. The van der Waals surface area contributed by atoms with Crippen LogP contribution in [-0.4, -0.2) is 0 Å². The first-order valence-electron chi connectivity index (χ1n) is 22.3. The van der Waals surface area contributed by atoms with Gasteiger partial charge < -0.3 is 9.32 Å². The first-order chi connectivity index (χ1) is 31.5. The Kier molecular flexibility index (Phi) is 7.90. The average Bonchev–Trinajstić information content (AvgIpc) is 3.97. The molecule has 11 aromatic rings. The van der Waals surface area contributed by atoms with E-state index in [1.807, 2.05) is 0 Å². The number of fused-ring (bicyclic) bond motifs is 11. The molecule has 0 radical (unpaired) electrons. The summed E-state index contributed by atoms with van der Waals surface area (Å²) in [6, 6.07) is 82.8. The van der Waals surface area contributed by atoms with Crippen molar-refractivity contribution >= 4 is 49.8 Å². The van der Waals surface area contributed by atoms with Crippen LogP contribution in [0.25, 0.3) is 66.1 Å². The lowest BCUT2D eigenvalue weighted by Gasteiger charge is -2.36. The summed E-state index contributed by atoms with van der Waals surface area (Å²) >= 11 is 0. The molecule has 302 valence electrons.